The molecule has 0 spiro atoms. The van der Waals surface area contributed by atoms with E-state index in [0.29, 0.717) is 12.3 Å². The predicted molar refractivity (Wildman–Crippen MR) is 70.2 cm³/mol. The zero-order valence-electron chi connectivity index (χ0n) is 11.3. The molecule has 94 valence electrons. The largest absolute Gasteiger partial charge is 0.269 e. The van der Waals surface area contributed by atoms with E-state index >= 15 is 0 Å². The maximum atomic E-state index is 11.1. The van der Waals surface area contributed by atoms with Gasteiger partial charge in [0.05, 0.1) is 4.92 Å². The summed E-state index contributed by atoms with van der Waals surface area (Å²) in [5.41, 5.74) is 3.48. The van der Waals surface area contributed by atoms with Crippen LogP contribution in [0.2, 0.25) is 0 Å². The second kappa shape index (κ2) is 5.30. The smallest absolute Gasteiger partial charge is 0.258 e. The van der Waals surface area contributed by atoms with E-state index < -0.39 is 0 Å². The van der Waals surface area contributed by atoms with Crippen molar-refractivity contribution in [3.8, 4) is 0 Å². The lowest BCUT2D eigenvalue weighted by Gasteiger charge is -2.17. The van der Waals surface area contributed by atoms with Crippen molar-refractivity contribution >= 4 is 0 Å². The van der Waals surface area contributed by atoms with E-state index in [1.54, 1.807) is 6.08 Å². The molecule has 3 nitrogen and oxygen atoms in total. The van der Waals surface area contributed by atoms with Gasteiger partial charge in [-0.2, -0.15) is 0 Å². The van der Waals surface area contributed by atoms with E-state index in [1.807, 2.05) is 20.8 Å². The van der Waals surface area contributed by atoms with Crippen LogP contribution in [0.5, 0.6) is 0 Å². The molecular formula is C14H21NO2. The van der Waals surface area contributed by atoms with Crippen LogP contribution in [0.4, 0.5) is 0 Å². The van der Waals surface area contributed by atoms with Gasteiger partial charge in [-0.1, -0.05) is 33.8 Å². The Bertz CT molecular complexity index is 412. The summed E-state index contributed by atoms with van der Waals surface area (Å²) in [6.07, 6.45) is 4.49. The topological polar surface area (TPSA) is 43.1 Å². The van der Waals surface area contributed by atoms with Crippen molar-refractivity contribution in [3.05, 3.63) is 44.7 Å². The lowest BCUT2D eigenvalue weighted by molar-refractivity contribution is -0.421. The zero-order valence-corrected chi connectivity index (χ0v) is 11.3. The highest BCUT2D eigenvalue weighted by Crippen LogP contribution is 2.33. The third-order valence-electron chi connectivity index (χ3n) is 3.16. The number of rotatable bonds is 3. The molecule has 3 heteroatoms. The maximum Gasteiger partial charge on any atom is 0.269 e. The zero-order chi connectivity index (χ0) is 13.2. The Morgan fingerprint density at radius 1 is 1.18 bits per heavy atom. The van der Waals surface area contributed by atoms with Crippen LogP contribution in [-0.2, 0) is 0 Å². The Morgan fingerprint density at radius 2 is 1.76 bits per heavy atom. The Hall–Kier alpha value is -1.38. The molecule has 0 fully saturated rings. The van der Waals surface area contributed by atoms with E-state index in [2.05, 4.69) is 19.9 Å². The molecule has 0 radical (unpaired) electrons. The van der Waals surface area contributed by atoms with Gasteiger partial charge in [0, 0.05) is 5.57 Å². The van der Waals surface area contributed by atoms with Crippen molar-refractivity contribution in [2.75, 3.05) is 0 Å². The lowest BCUT2D eigenvalue weighted by Crippen LogP contribution is -2.10. The van der Waals surface area contributed by atoms with E-state index in [9.17, 15) is 10.1 Å². The van der Waals surface area contributed by atoms with Crippen molar-refractivity contribution in [3.63, 3.8) is 0 Å². The van der Waals surface area contributed by atoms with Crippen molar-refractivity contribution in [2.24, 2.45) is 11.8 Å². The van der Waals surface area contributed by atoms with Crippen LogP contribution in [0, 0.1) is 22.0 Å². The van der Waals surface area contributed by atoms with Gasteiger partial charge in [0.15, 0.2) is 0 Å². The van der Waals surface area contributed by atoms with Gasteiger partial charge in [0.1, 0.15) is 0 Å². The summed E-state index contributed by atoms with van der Waals surface area (Å²) in [5.74, 6) is 0.579. The minimum Gasteiger partial charge on any atom is -0.258 e. The summed E-state index contributed by atoms with van der Waals surface area (Å²) in [6.45, 7) is 10.3. The second-order valence-electron chi connectivity index (χ2n) is 5.09. The number of allylic oxidation sites excluding steroid dienone is 5. The summed E-state index contributed by atoms with van der Waals surface area (Å²) in [7, 11) is 0. The molecule has 0 N–H and O–H groups in total. The average Bonchev–Trinajstić information content (AvgIpc) is 2.36. The van der Waals surface area contributed by atoms with Gasteiger partial charge < -0.3 is 0 Å². The van der Waals surface area contributed by atoms with E-state index in [1.165, 1.54) is 5.57 Å². The minimum atomic E-state index is -0.254. The van der Waals surface area contributed by atoms with E-state index in [4.69, 9.17) is 0 Å². The molecule has 0 heterocycles. The molecule has 0 bridgehead atoms. The third kappa shape index (κ3) is 2.84. The molecule has 0 aromatic heterocycles. The summed E-state index contributed by atoms with van der Waals surface area (Å²) in [4.78, 5) is 10.9. The highest BCUT2D eigenvalue weighted by Gasteiger charge is 2.26. The lowest BCUT2D eigenvalue weighted by atomic mass is 9.88. The first kappa shape index (κ1) is 13.7. The Morgan fingerprint density at radius 3 is 2.18 bits per heavy atom. The first-order chi connectivity index (χ1) is 7.86. The summed E-state index contributed by atoms with van der Waals surface area (Å²) >= 11 is 0. The minimum absolute atomic E-state index is 0.173. The molecule has 17 heavy (non-hydrogen) atoms. The van der Waals surface area contributed by atoms with Crippen LogP contribution in [0.25, 0.3) is 0 Å². The normalized spacial score (nSPS) is 17.1. The first-order valence-electron chi connectivity index (χ1n) is 6.12. The molecule has 1 aliphatic rings. The Kier molecular flexibility index (Phi) is 4.27. The monoisotopic (exact) mass is 235 g/mol. The van der Waals surface area contributed by atoms with Crippen LogP contribution < -0.4 is 0 Å². The molecule has 0 saturated carbocycles. The Balaban J connectivity index is 3.37. The Labute approximate surface area is 103 Å². The van der Waals surface area contributed by atoms with Gasteiger partial charge in [0.2, 0.25) is 0 Å². The predicted octanol–water partition coefficient (Wildman–Crippen LogP) is 4.11. The molecule has 0 unspecified atom stereocenters. The summed E-state index contributed by atoms with van der Waals surface area (Å²) in [5, 5.41) is 11.1. The van der Waals surface area contributed by atoms with Crippen LogP contribution in [0.1, 0.15) is 41.0 Å². The highest BCUT2D eigenvalue weighted by molar-refractivity contribution is 5.45. The molecule has 0 aromatic carbocycles. The van der Waals surface area contributed by atoms with Crippen LogP contribution in [0.15, 0.2) is 34.6 Å². The molecule has 0 amide bonds. The van der Waals surface area contributed by atoms with Gasteiger partial charge in [0.25, 0.3) is 5.70 Å². The fraction of sp³-hybridized carbons (Fsp3) is 0.571. The molecule has 0 aromatic rings. The summed E-state index contributed by atoms with van der Waals surface area (Å²) < 4.78 is 0. The first-order valence-corrected chi connectivity index (χ1v) is 6.12. The van der Waals surface area contributed by atoms with Crippen molar-refractivity contribution < 1.29 is 4.92 Å². The van der Waals surface area contributed by atoms with Crippen LogP contribution in [0.3, 0.4) is 0 Å². The fourth-order valence-electron chi connectivity index (χ4n) is 2.48. The molecule has 1 aliphatic carbocycles. The van der Waals surface area contributed by atoms with Crippen LogP contribution in [-0.4, -0.2) is 4.92 Å². The maximum absolute atomic E-state index is 11.1. The third-order valence-corrected chi connectivity index (χ3v) is 3.16. The van der Waals surface area contributed by atoms with Gasteiger partial charge in [-0.25, -0.2) is 0 Å². The number of hydrogen-bond acceptors (Lipinski definition) is 2. The van der Waals surface area contributed by atoms with Gasteiger partial charge >= 0.3 is 0 Å². The van der Waals surface area contributed by atoms with Gasteiger partial charge in [-0.05, 0) is 42.4 Å². The van der Waals surface area contributed by atoms with Crippen molar-refractivity contribution in [2.45, 2.75) is 41.0 Å². The van der Waals surface area contributed by atoms with E-state index in [0.717, 1.165) is 11.1 Å². The fourth-order valence-corrected chi connectivity index (χ4v) is 2.48. The van der Waals surface area contributed by atoms with Crippen molar-refractivity contribution in [1.82, 2.24) is 0 Å². The molecule has 1 rings (SSSR count). The second-order valence-corrected chi connectivity index (χ2v) is 5.09. The number of nitro groups is 1. The van der Waals surface area contributed by atoms with Gasteiger partial charge in [-0.15, -0.1) is 0 Å². The standard InChI is InChI=1S/C14H21NO2/c1-9(2)12-7-6-8-13(15(16)17)14(10(3)4)11(12)5/h7-10H,6H2,1-5H3. The molecule has 0 atom stereocenters. The van der Waals surface area contributed by atoms with Crippen LogP contribution >= 0.6 is 0 Å². The quantitative estimate of drug-likeness (QED) is 0.546. The SMILES string of the molecule is CC1=C(C(C)C)C([N+](=O)[O-])=CCC=C1C(C)C. The number of nitrogens with zero attached hydrogens (tertiary/aromatic N) is 1. The van der Waals surface area contributed by atoms with Crippen molar-refractivity contribution in [1.29, 1.82) is 0 Å². The molecular weight excluding hydrogens is 214 g/mol. The molecule has 0 saturated heterocycles. The average molecular weight is 235 g/mol. The summed E-state index contributed by atoms with van der Waals surface area (Å²) in [6, 6.07) is 0. The number of hydrogen-bond donors (Lipinski definition) is 0. The van der Waals surface area contributed by atoms with E-state index in [-0.39, 0.29) is 16.5 Å². The van der Waals surface area contributed by atoms with Gasteiger partial charge in [-0.3, -0.25) is 10.1 Å². The highest BCUT2D eigenvalue weighted by atomic mass is 16.6. The molecule has 0 aliphatic heterocycles.